The van der Waals surface area contributed by atoms with Crippen LogP contribution in [0.3, 0.4) is 0 Å². The summed E-state index contributed by atoms with van der Waals surface area (Å²) in [5.74, 6) is -0.173. The molecule has 0 aliphatic carbocycles. The molecular weight excluding hydrogens is 321 g/mol. The molecule has 1 nitrogen and oxygen atoms in total. The molecule has 1 unspecified atom stereocenters. The molecule has 2 heteroatoms. The third-order valence-electron chi connectivity index (χ3n) is 5.01. The van der Waals surface area contributed by atoms with Crippen molar-refractivity contribution in [2.24, 2.45) is 0 Å². The van der Waals surface area contributed by atoms with Crippen LogP contribution < -0.4 is 0 Å². The van der Waals surface area contributed by atoms with Crippen LogP contribution in [0, 0.1) is 5.82 Å². The molecule has 0 aliphatic rings. The number of halogens is 1. The van der Waals surface area contributed by atoms with E-state index in [0.29, 0.717) is 0 Å². The Hall–Kier alpha value is -2.45. The third-order valence-corrected chi connectivity index (χ3v) is 5.01. The first kappa shape index (κ1) is 18.3. The molecule has 0 spiro atoms. The van der Waals surface area contributed by atoms with Gasteiger partial charge in [0, 0.05) is 18.6 Å². The Morgan fingerprint density at radius 1 is 0.808 bits per heavy atom. The van der Waals surface area contributed by atoms with Crippen molar-refractivity contribution in [3.05, 3.63) is 107 Å². The van der Waals surface area contributed by atoms with Crippen LogP contribution in [-0.2, 0) is 6.54 Å². The maximum absolute atomic E-state index is 13.9. The van der Waals surface area contributed by atoms with Crippen molar-refractivity contribution in [3.63, 3.8) is 0 Å². The smallest absolute Gasteiger partial charge is 0.123 e. The van der Waals surface area contributed by atoms with Gasteiger partial charge in [-0.15, -0.1) is 0 Å². The number of hydrogen-bond acceptors (Lipinski definition) is 1. The molecule has 0 heterocycles. The largest absolute Gasteiger partial charge is 0.285 e. The van der Waals surface area contributed by atoms with E-state index in [2.05, 4.69) is 67.3 Å². The highest BCUT2D eigenvalue weighted by Crippen LogP contribution is 2.34. The van der Waals surface area contributed by atoms with Crippen LogP contribution in [-0.4, -0.2) is 4.90 Å². The number of rotatable bonds is 7. The quantitative estimate of drug-likeness (QED) is 0.469. The number of nitrogens with zero attached hydrogens (tertiary/aromatic N) is 1. The van der Waals surface area contributed by atoms with Crippen LogP contribution >= 0.6 is 0 Å². The van der Waals surface area contributed by atoms with Crippen LogP contribution in [0.5, 0.6) is 0 Å². The minimum atomic E-state index is -0.173. The lowest BCUT2D eigenvalue weighted by atomic mass is 9.97. The Bertz CT molecular complexity index is 801. The summed E-state index contributed by atoms with van der Waals surface area (Å²) in [7, 11) is 0. The molecule has 0 fully saturated rings. The highest BCUT2D eigenvalue weighted by atomic mass is 19.1. The van der Waals surface area contributed by atoms with E-state index >= 15 is 0 Å². The number of hydrogen-bond donors (Lipinski definition) is 0. The van der Waals surface area contributed by atoms with Crippen molar-refractivity contribution in [2.45, 2.75) is 38.9 Å². The maximum Gasteiger partial charge on any atom is 0.123 e. The van der Waals surface area contributed by atoms with E-state index in [-0.39, 0.29) is 17.9 Å². The maximum atomic E-state index is 13.9. The van der Waals surface area contributed by atoms with E-state index in [9.17, 15) is 4.39 Å². The van der Waals surface area contributed by atoms with Crippen molar-refractivity contribution in [2.75, 3.05) is 0 Å². The molecule has 3 aromatic rings. The fourth-order valence-corrected chi connectivity index (χ4v) is 3.61. The van der Waals surface area contributed by atoms with Crippen LogP contribution in [0.1, 0.15) is 49.0 Å². The normalized spacial score (nSPS) is 13.5. The van der Waals surface area contributed by atoms with Gasteiger partial charge in [0.15, 0.2) is 0 Å². The highest BCUT2D eigenvalue weighted by molar-refractivity contribution is 5.24. The van der Waals surface area contributed by atoms with Gasteiger partial charge in [-0.25, -0.2) is 4.39 Å². The SMILES string of the molecule is CC[C@@H](c1cccc(F)c1)N(Cc1ccccc1)C(C)c1ccccc1. The predicted octanol–water partition coefficient (Wildman–Crippen LogP) is 6.54. The van der Waals surface area contributed by atoms with Gasteiger partial charge in [0.2, 0.25) is 0 Å². The average Bonchev–Trinajstić information content (AvgIpc) is 2.69. The molecule has 0 aromatic heterocycles. The average molecular weight is 347 g/mol. The standard InChI is InChI=1S/C24H26FN/c1-3-24(22-15-10-16-23(25)17-22)26(18-20-11-6-4-7-12-20)19(2)21-13-8-5-9-14-21/h4-17,19,24H,3,18H2,1-2H3/t19?,24-/m0/s1. The molecule has 0 aliphatic heterocycles. The minimum absolute atomic E-state index is 0.154. The lowest BCUT2D eigenvalue weighted by Crippen LogP contribution is -2.31. The van der Waals surface area contributed by atoms with Gasteiger partial charge in [0.25, 0.3) is 0 Å². The van der Waals surface area contributed by atoms with Gasteiger partial charge >= 0.3 is 0 Å². The second kappa shape index (κ2) is 8.77. The van der Waals surface area contributed by atoms with Crippen molar-refractivity contribution in [3.8, 4) is 0 Å². The van der Waals surface area contributed by atoms with Gasteiger partial charge in [0.05, 0.1) is 0 Å². The van der Waals surface area contributed by atoms with Crippen molar-refractivity contribution >= 4 is 0 Å². The van der Waals surface area contributed by atoms with Crippen LogP contribution in [0.2, 0.25) is 0 Å². The van der Waals surface area contributed by atoms with Crippen molar-refractivity contribution in [1.82, 2.24) is 4.90 Å². The summed E-state index contributed by atoms with van der Waals surface area (Å²) in [6.07, 6.45) is 0.924. The van der Waals surface area contributed by atoms with Gasteiger partial charge in [0.1, 0.15) is 5.82 Å². The van der Waals surface area contributed by atoms with Crippen molar-refractivity contribution < 1.29 is 4.39 Å². The molecule has 0 saturated carbocycles. The molecular formula is C24H26FN. The Kier molecular flexibility index (Phi) is 6.19. The Balaban J connectivity index is 1.98. The fraction of sp³-hybridized carbons (Fsp3) is 0.250. The zero-order valence-electron chi connectivity index (χ0n) is 15.5. The first-order valence-corrected chi connectivity index (χ1v) is 9.29. The van der Waals surface area contributed by atoms with E-state index in [0.717, 1.165) is 18.5 Å². The Labute approximate surface area is 156 Å². The minimum Gasteiger partial charge on any atom is -0.285 e. The Morgan fingerprint density at radius 3 is 2.04 bits per heavy atom. The van der Waals surface area contributed by atoms with Gasteiger partial charge in [-0.05, 0) is 42.2 Å². The van der Waals surface area contributed by atoms with E-state index in [1.165, 1.54) is 17.2 Å². The molecule has 0 saturated heterocycles. The molecule has 26 heavy (non-hydrogen) atoms. The van der Waals surface area contributed by atoms with Gasteiger partial charge in [-0.1, -0.05) is 79.7 Å². The number of benzene rings is 3. The molecule has 0 N–H and O–H groups in total. The lowest BCUT2D eigenvalue weighted by Gasteiger charge is -2.37. The van der Waals surface area contributed by atoms with Crippen LogP contribution in [0.4, 0.5) is 4.39 Å². The molecule has 3 rings (SSSR count). The second-order valence-electron chi connectivity index (χ2n) is 6.72. The summed E-state index contributed by atoms with van der Waals surface area (Å²) in [5.41, 5.74) is 3.58. The molecule has 3 aromatic carbocycles. The summed E-state index contributed by atoms with van der Waals surface area (Å²) < 4.78 is 13.9. The van der Waals surface area contributed by atoms with Crippen LogP contribution in [0.15, 0.2) is 84.9 Å². The van der Waals surface area contributed by atoms with Crippen LogP contribution in [0.25, 0.3) is 0 Å². The van der Waals surface area contributed by atoms with E-state index in [4.69, 9.17) is 0 Å². The first-order valence-electron chi connectivity index (χ1n) is 9.29. The topological polar surface area (TPSA) is 3.24 Å². The van der Waals surface area contributed by atoms with Gasteiger partial charge < -0.3 is 0 Å². The Morgan fingerprint density at radius 2 is 1.42 bits per heavy atom. The van der Waals surface area contributed by atoms with Gasteiger partial charge in [-0.2, -0.15) is 0 Å². The van der Waals surface area contributed by atoms with E-state index in [1.54, 1.807) is 12.1 Å². The summed E-state index contributed by atoms with van der Waals surface area (Å²) >= 11 is 0. The zero-order chi connectivity index (χ0) is 18.4. The lowest BCUT2D eigenvalue weighted by molar-refractivity contribution is 0.129. The summed E-state index contributed by atoms with van der Waals surface area (Å²) in [5, 5.41) is 0. The third kappa shape index (κ3) is 4.39. The fourth-order valence-electron chi connectivity index (χ4n) is 3.61. The molecule has 134 valence electrons. The summed E-state index contributed by atoms with van der Waals surface area (Å²) in [4.78, 5) is 2.47. The van der Waals surface area contributed by atoms with E-state index < -0.39 is 0 Å². The van der Waals surface area contributed by atoms with Gasteiger partial charge in [-0.3, -0.25) is 4.90 Å². The molecule has 0 bridgehead atoms. The summed E-state index contributed by atoms with van der Waals surface area (Å²) in [6, 6.07) is 28.4. The van der Waals surface area contributed by atoms with E-state index in [1.807, 2.05) is 18.2 Å². The van der Waals surface area contributed by atoms with Crippen molar-refractivity contribution in [1.29, 1.82) is 0 Å². The molecule has 0 radical (unpaired) electrons. The molecule has 2 atom stereocenters. The molecule has 0 amide bonds. The highest BCUT2D eigenvalue weighted by Gasteiger charge is 2.25. The zero-order valence-corrected chi connectivity index (χ0v) is 15.5. The predicted molar refractivity (Wildman–Crippen MR) is 106 cm³/mol. The first-order chi connectivity index (χ1) is 12.7. The monoisotopic (exact) mass is 347 g/mol. The summed E-state index contributed by atoms with van der Waals surface area (Å²) in [6.45, 7) is 5.23. The second-order valence-corrected chi connectivity index (χ2v) is 6.72.